The number of nitrogens with one attached hydrogen (secondary N) is 1. The van der Waals surface area contributed by atoms with E-state index in [0.29, 0.717) is 19.6 Å². The first-order chi connectivity index (χ1) is 8.84. The highest BCUT2D eigenvalue weighted by Gasteiger charge is 2.34. The fraction of sp³-hybridized carbons (Fsp3) is 0.556. The smallest absolute Gasteiger partial charge is 0.300 e. The molecule has 1 aromatic heterocycles. The molecule has 1 unspecified atom stereocenters. The summed E-state index contributed by atoms with van der Waals surface area (Å²) in [7, 11) is -3.72. The Hall–Kier alpha value is -0.740. The zero-order chi connectivity index (χ0) is 14.2. The van der Waals surface area contributed by atoms with Gasteiger partial charge in [-0.15, -0.1) is 11.3 Å². The predicted octanol–water partition coefficient (Wildman–Crippen LogP) is 1.29. The van der Waals surface area contributed by atoms with E-state index in [1.54, 1.807) is 6.92 Å². The Kier molecular flexibility index (Phi) is 4.11. The fourth-order valence-corrected chi connectivity index (χ4v) is 5.31. The molecule has 0 radical (unpaired) electrons. The van der Waals surface area contributed by atoms with Crippen molar-refractivity contribution in [2.24, 2.45) is 0 Å². The van der Waals surface area contributed by atoms with Crippen LogP contribution < -0.4 is 5.32 Å². The lowest BCUT2D eigenvalue weighted by molar-refractivity contribution is -0.384. The number of halogens is 1. The summed E-state index contributed by atoms with van der Waals surface area (Å²) in [6.07, 6.45) is 0. The van der Waals surface area contributed by atoms with Gasteiger partial charge in [0.2, 0.25) is 0 Å². The zero-order valence-corrected chi connectivity index (χ0v) is 12.4. The van der Waals surface area contributed by atoms with E-state index in [0.717, 1.165) is 17.4 Å². The Balaban J connectivity index is 2.39. The monoisotopic (exact) mass is 325 g/mol. The van der Waals surface area contributed by atoms with Gasteiger partial charge in [0.15, 0.2) is 4.34 Å². The van der Waals surface area contributed by atoms with Crippen molar-refractivity contribution in [1.82, 2.24) is 9.62 Å². The maximum Gasteiger partial charge on any atom is 0.300 e. The summed E-state index contributed by atoms with van der Waals surface area (Å²) >= 11 is 6.42. The first-order valence-electron chi connectivity index (χ1n) is 5.50. The lowest BCUT2D eigenvalue weighted by Crippen LogP contribution is -2.51. The van der Waals surface area contributed by atoms with Gasteiger partial charge in [-0.25, -0.2) is 8.42 Å². The Morgan fingerprint density at radius 1 is 1.63 bits per heavy atom. The van der Waals surface area contributed by atoms with Gasteiger partial charge in [0.05, 0.1) is 4.92 Å². The number of rotatable bonds is 3. The molecule has 19 heavy (non-hydrogen) atoms. The second-order valence-electron chi connectivity index (χ2n) is 4.15. The second-order valence-corrected chi connectivity index (χ2v) is 7.92. The summed E-state index contributed by atoms with van der Waals surface area (Å²) < 4.78 is 26.0. The van der Waals surface area contributed by atoms with Crippen molar-refractivity contribution in [3.63, 3.8) is 0 Å². The molecular formula is C9H12ClN3O4S2. The first kappa shape index (κ1) is 14.7. The van der Waals surface area contributed by atoms with Crippen molar-refractivity contribution in [3.8, 4) is 0 Å². The minimum absolute atomic E-state index is 0.0852. The molecule has 0 aromatic carbocycles. The van der Waals surface area contributed by atoms with E-state index in [9.17, 15) is 18.5 Å². The molecule has 106 valence electrons. The molecule has 1 atom stereocenters. The molecule has 0 amide bonds. The molecule has 0 aliphatic carbocycles. The Bertz CT molecular complexity index is 601. The van der Waals surface area contributed by atoms with Crippen molar-refractivity contribution in [1.29, 1.82) is 0 Å². The number of thiophene rings is 1. The number of piperazine rings is 1. The highest BCUT2D eigenvalue weighted by molar-refractivity contribution is 7.91. The van der Waals surface area contributed by atoms with Gasteiger partial charge < -0.3 is 5.32 Å². The molecule has 0 spiro atoms. The van der Waals surface area contributed by atoms with Gasteiger partial charge in [-0.05, 0) is 6.92 Å². The van der Waals surface area contributed by atoms with Crippen molar-refractivity contribution >= 4 is 38.6 Å². The predicted molar refractivity (Wildman–Crippen MR) is 72.2 cm³/mol. The minimum Gasteiger partial charge on any atom is -0.314 e. The Morgan fingerprint density at radius 2 is 2.32 bits per heavy atom. The van der Waals surface area contributed by atoms with E-state index in [1.165, 1.54) is 4.31 Å². The van der Waals surface area contributed by atoms with Crippen LogP contribution in [0.3, 0.4) is 0 Å². The highest BCUT2D eigenvalue weighted by atomic mass is 35.5. The molecule has 0 bridgehead atoms. The second kappa shape index (κ2) is 5.33. The lowest BCUT2D eigenvalue weighted by Gasteiger charge is -2.32. The number of hydrogen-bond acceptors (Lipinski definition) is 6. The molecule has 10 heteroatoms. The van der Waals surface area contributed by atoms with Gasteiger partial charge in [-0.1, -0.05) is 11.6 Å². The van der Waals surface area contributed by atoms with Crippen LogP contribution >= 0.6 is 22.9 Å². The summed E-state index contributed by atoms with van der Waals surface area (Å²) in [6, 6.07) is 0.829. The van der Waals surface area contributed by atoms with Crippen LogP contribution in [0.4, 0.5) is 5.69 Å². The molecule has 2 heterocycles. The largest absolute Gasteiger partial charge is 0.314 e. The molecule has 1 N–H and O–H groups in total. The fourth-order valence-electron chi connectivity index (χ4n) is 1.89. The highest BCUT2D eigenvalue weighted by Crippen LogP contribution is 2.37. The SMILES string of the molecule is CC1CNCCN1S(=O)(=O)c1cc([N+](=O)[O-])c(Cl)s1. The van der Waals surface area contributed by atoms with Crippen LogP contribution in [0, 0.1) is 10.1 Å². The van der Waals surface area contributed by atoms with Crippen molar-refractivity contribution in [3.05, 3.63) is 20.5 Å². The summed E-state index contributed by atoms with van der Waals surface area (Å²) in [6.45, 7) is 3.24. The van der Waals surface area contributed by atoms with Crippen LogP contribution in [0.1, 0.15) is 6.92 Å². The van der Waals surface area contributed by atoms with Crippen molar-refractivity contribution in [2.45, 2.75) is 17.2 Å². The van der Waals surface area contributed by atoms with Crippen LogP contribution in [-0.2, 0) is 10.0 Å². The van der Waals surface area contributed by atoms with Crippen LogP contribution in [0.2, 0.25) is 4.34 Å². The summed E-state index contributed by atoms with van der Waals surface area (Å²) in [5, 5.41) is 13.8. The van der Waals surface area contributed by atoms with Gasteiger partial charge in [0.1, 0.15) is 4.21 Å². The minimum atomic E-state index is -3.72. The quantitative estimate of drug-likeness (QED) is 0.667. The maximum atomic E-state index is 12.4. The number of nitro groups is 1. The molecule has 1 aliphatic heterocycles. The summed E-state index contributed by atoms with van der Waals surface area (Å²) in [4.78, 5) is 10.0. The topological polar surface area (TPSA) is 92.6 Å². The first-order valence-corrected chi connectivity index (χ1v) is 8.14. The molecular weight excluding hydrogens is 314 g/mol. The molecule has 1 aromatic rings. The normalized spacial score (nSPS) is 21.5. The van der Waals surface area contributed by atoms with E-state index in [-0.39, 0.29) is 20.3 Å². The Morgan fingerprint density at radius 3 is 2.84 bits per heavy atom. The van der Waals surface area contributed by atoms with E-state index in [1.807, 2.05) is 0 Å². The van der Waals surface area contributed by atoms with Gasteiger partial charge in [-0.3, -0.25) is 10.1 Å². The van der Waals surface area contributed by atoms with Gasteiger partial charge in [-0.2, -0.15) is 4.31 Å². The third-order valence-corrected chi connectivity index (χ3v) is 6.65. The van der Waals surface area contributed by atoms with Crippen molar-refractivity contribution < 1.29 is 13.3 Å². The third-order valence-electron chi connectivity index (χ3n) is 2.85. The molecule has 1 fully saturated rings. The van der Waals surface area contributed by atoms with Crippen LogP contribution in [0.5, 0.6) is 0 Å². The van der Waals surface area contributed by atoms with Gasteiger partial charge in [0.25, 0.3) is 15.7 Å². The Labute approximate surface area is 119 Å². The lowest BCUT2D eigenvalue weighted by atomic mass is 10.3. The van der Waals surface area contributed by atoms with Gasteiger partial charge >= 0.3 is 0 Å². The molecule has 2 rings (SSSR count). The van der Waals surface area contributed by atoms with E-state index < -0.39 is 14.9 Å². The molecule has 0 saturated carbocycles. The third kappa shape index (κ3) is 2.75. The average molecular weight is 326 g/mol. The van der Waals surface area contributed by atoms with Crippen molar-refractivity contribution in [2.75, 3.05) is 19.6 Å². The standard InChI is InChI=1S/C9H12ClN3O4S2/c1-6-5-11-2-3-12(6)19(16,17)8-4-7(13(14)15)9(10)18-8/h4,6,11H,2-3,5H2,1H3. The average Bonchev–Trinajstić information content (AvgIpc) is 2.72. The van der Waals surface area contributed by atoms with E-state index >= 15 is 0 Å². The van der Waals surface area contributed by atoms with Crippen LogP contribution in [0.25, 0.3) is 0 Å². The van der Waals surface area contributed by atoms with Crippen LogP contribution in [0.15, 0.2) is 10.3 Å². The van der Waals surface area contributed by atoms with E-state index in [2.05, 4.69) is 5.32 Å². The number of nitrogens with zero attached hydrogens (tertiary/aromatic N) is 2. The maximum absolute atomic E-state index is 12.4. The number of sulfonamides is 1. The zero-order valence-electron chi connectivity index (χ0n) is 10.00. The summed E-state index contributed by atoms with van der Waals surface area (Å²) in [5.74, 6) is 0. The van der Waals surface area contributed by atoms with Crippen LogP contribution in [-0.4, -0.2) is 43.3 Å². The summed E-state index contributed by atoms with van der Waals surface area (Å²) in [5.41, 5.74) is -0.368. The molecule has 7 nitrogen and oxygen atoms in total. The van der Waals surface area contributed by atoms with Gasteiger partial charge in [0, 0.05) is 31.7 Å². The molecule has 1 saturated heterocycles. The van der Waals surface area contributed by atoms with E-state index in [4.69, 9.17) is 11.6 Å². The molecule has 1 aliphatic rings. The number of hydrogen-bond donors (Lipinski definition) is 1.